The molecular formula is C15H24N4O2. The van der Waals surface area contributed by atoms with E-state index in [1.54, 1.807) is 16.8 Å². The molecule has 1 N–H and O–H groups in total. The number of aryl methyl sites for hydroxylation is 1. The third-order valence-electron chi connectivity index (χ3n) is 3.79. The van der Waals surface area contributed by atoms with Crippen LogP contribution in [0.3, 0.4) is 0 Å². The second-order valence-corrected chi connectivity index (χ2v) is 5.72. The van der Waals surface area contributed by atoms with E-state index >= 15 is 0 Å². The van der Waals surface area contributed by atoms with E-state index in [0.717, 1.165) is 25.9 Å². The van der Waals surface area contributed by atoms with Crippen molar-refractivity contribution in [2.24, 2.45) is 0 Å². The highest BCUT2D eigenvalue weighted by atomic mass is 16.2. The van der Waals surface area contributed by atoms with Crippen LogP contribution in [0.15, 0.2) is 23.1 Å². The second-order valence-electron chi connectivity index (χ2n) is 5.72. The number of rotatable bonds is 4. The molecule has 1 fully saturated rings. The summed E-state index contributed by atoms with van der Waals surface area (Å²) in [7, 11) is 4.04. The Morgan fingerprint density at radius 2 is 2.19 bits per heavy atom. The molecule has 1 atom stereocenters. The Bertz CT molecular complexity index is 553. The Hall–Kier alpha value is -1.82. The molecule has 2 heterocycles. The molecule has 1 aliphatic heterocycles. The van der Waals surface area contributed by atoms with E-state index in [2.05, 4.69) is 10.2 Å². The lowest BCUT2D eigenvalue weighted by molar-refractivity contribution is 0.193. The summed E-state index contributed by atoms with van der Waals surface area (Å²) in [5.41, 5.74) is 0.610. The van der Waals surface area contributed by atoms with Gasteiger partial charge in [0.2, 0.25) is 0 Å². The summed E-state index contributed by atoms with van der Waals surface area (Å²) in [6.07, 6.45) is 3.78. The Kier molecular flexibility index (Phi) is 5.01. The van der Waals surface area contributed by atoms with Gasteiger partial charge in [-0.05, 0) is 39.9 Å². The quantitative estimate of drug-likeness (QED) is 0.913. The summed E-state index contributed by atoms with van der Waals surface area (Å²) >= 11 is 0. The lowest BCUT2D eigenvalue weighted by Gasteiger charge is -2.27. The van der Waals surface area contributed by atoms with Crippen molar-refractivity contribution in [3.8, 4) is 0 Å². The fourth-order valence-corrected chi connectivity index (χ4v) is 2.76. The Balaban J connectivity index is 2.05. The molecule has 0 radical (unpaired) electrons. The van der Waals surface area contributed by atoms with Gasteiger partial charge in [0.05, 0.1) is 5.69 Å². The maximum Gasteiger partial charge on any atom is 0.322 e. The molecule has 0 aliphatic carbocycles. The monoisotopic (exact) mass is 292 g/mol. The summed E-state index contributed by atoms with van der Waals surface area (Å²) in [5.74, 6) is 0. The molecule has 21 heavy (non-hydrogen) atoms. The smallest absolute Gasteiger partial charge is 0.320 e. The van der Waals surface area contributed by atoms with Gasteiger partial charge < -0.3 is 19.7 Å². The van der Waals surface area contributed by atoms with Crippen molar-refractivity contribution in [1.82, 2.24) is 14.4 Å². The van der Waals surface area contributed by atoms with E-state index < -0.39 is 0 Å². The van der Waals surface area contributed by atoms with Crippen LogP contribution in [-0.4, -0.2) is 53.6 Å². The zero-order valence-electron chi connectivity index (χ0n) is 13.0. The van der Waals surface area contributed by atoms with Gasteiger partial charge in [0.25, 0.3) is 5.56 Å². The first-order chi connectivity index (χ1) is 10.0. The zero-order valence-corrected chi connectivity index (χ0v) is 13.0. The lowest BCUT2D eigenvalue weighted by Crippen LogP contribution is -2.43. The molecular weight excluding hydrogens is 268 g/mol. The zero-order chi connectivity index (χ0) is 15.4. The van der Waals surface area contributed by atoms with E-state index in [-0.39, 0.29) is 17.6 Å². The fraction of sp³-hybridized carbons (Fsp3) is 0.600. The van der Waals surface area contributed by atoms with Gasteiger partial charge in [0, 0.05) is 37.9 Å². The summed E-state index contributed by atoms with van der Waals surface area (Å²) in [5, 5.41) is 2.90. The number of hydrogen-bond acceptors (Lipinski definition) is 3. The SMILES string of the molecule is CCn1cc(NC(=O)N2CCC[C@@H]2CN(C)C)ccc1=O. The average molecular weight is 292 g/mol. The number of pyridine rings is 1. The van der Waals surface area contributed by atoms with Gasteiger partial charge in [-0.3, -0.25) is 4.79 Å². The molecule has 2 rings (SSSR count). The molecule has 6 heteroatoms. The Morgan fingerprint density at radius 3 is 2.86 bits per heavy atom. The topological polar surface area (TPSA) is 57.6 Å². The van der Waals surface area contributed by atoms with Crippen LogP contribution in [0.4, 0.5) is 10.5 Å². The maximum atomic E-state index is 12.4. The first-order valence-corrected chi connectivity index (χ1v) is 7.44. The Morgan fingerprint density at radius 1 is 1.43 bits per heavy atom. The van der Waals surface area contributed by atoms with Crippen molar-refractivity contribution in [3.05, 3.63) is 28.7 Å². The predicted octanol–water partition coefficient (Wildman–Crippen LogP) is 1.43. The van der Waals surface area contributed by atoms with Crippen LogP contribution < -0.4 is 10.9 Å². The third-order valence-corrected chi connectivity index (χ3v) is 3.79. The number of aromatic nitrogens is 1. The molecule has 0 bridgehead atoms. The van der Waals surface area contributed by atoms with Gasteiger partial charge in [-0.2, -0.15) is 0 Å². The minimum absolute atomic E-state index is 0.0536. The number of amides is 2. The molecule has 0 spiro atoms. The number of hydrogen-bond donors (Lipinski definition) is 1. The van der Waals surface area contributed by atoms with Gasteiger partial charge in [-0.1, -0.05) is 0 Å². The molecule has 0 saturated carbocycles. The van der Waals surface area contributed by atoms with Crippen molar-refractivity contribution >= 4 is 11.7 Å². The van der Waals surface area contributed by atoms with E-state index in [4.69, 9.17) is 0 Å². The van der Waals surface area contributed by atoms with Gasteiger partial charge in [-0.15, -0.1) is 0 Å². The van der Waals surface area contributed by atoms with Gasteiger partial charge in [0.1, 0.15) is 0 Å². The summed E-state index contributed by atoms with van der Waals surface area (Å²) in [6.45, 7) is 4.16. The maximum absolute atomic E-state index is 12.4. The summed E-state index contributed by atoms with van der Waals surface area (Å²) in [6, 6.07) is 3.32. The van der Waals surface area contributed by atoms with Gasteiger partial charge in [0.15, 0.2) is 0 Å². The molecule has 2 amide bonds. The largest absolute Gasteiger partial charge is 0.322 e. The molecule has 6 nitrogen and oxygen atoms in total. The summed E-state index contributed by atoms with van der Waals surface area (Å²) in [4.78, 5) is 27.9. The number of likely N-dealkylation sites (tertiary alicyclic amines) is 1. The first kappa shape index (κ1) is 15.6. The fourth-order valence-electron chi connectivity index (χ4n) is 2.76. The van der Waals surface area contributed by atoms with E-state index in [1.807, 2.05) is 25.9 Å². The number of carbonyl (C=O) groups excluding carboxylic acids is 1. The Labute approximate surface area is 125 Å². The lowest BCUT2D eigenvalue weighted by atomic mass is 10.2. The van der Waals surface area contributed by atoms with Crippen LogP contribution in [0.5, 0.6) is 0 Å². The molecule has 1 aromatic heterocycles. The minimum atomic E-state index is -0.0827. The van der Waals surface area contributed by atoms with E-state index in [9.17, 15) is 9.59 Å². The molecule has 0 aromatic carbocycles. The van der Waals surface area contributed by atoms with E-state index in [0.29, 0.717) is 12.2 Å². The summed E-state index contributed by atoms with van der Waals surface area (Å²) < 4.78 is 1.58. The third kappa shape index (κ3) is 3.85. The van der Waals surface area contributed by atoms with Crippen LogP contribution in [0.25, 0.3) is 0 Å². The molecule has 116 valence electrons. The number of likely N-dealkylation sites (N-methyl/N-ethyl adjacent to an activating group) is 1. The molecule has 1 aromatic rings. The number of nitrogens with one attached hydrogen (secondary N) is 1. The van der Waals surface area contributed by atoms with Crippen LogP contribution >= 0.6 is 0 Å². The van der Waals surface area contributed by atoms with E-state index in [1.165, 1.54) is 6.07 Å². The highest BCUT2D eigenvalue weighted by Crippen LogP contribution is 2.19. The van der Waals surface area contributed by atoms with Crippen molar-refractivity contribution in [3.63, 3.8) is 0 Å². The van der Waals surface area contributed by atoms with Crippen LogP contribution in [0.2, 0.25) is 0 Å². The predicted molar refractivity (Wildman–Crippen MR) is 83.7 cm³/mol. The van der Waals surface area contributed by atoms with Gasteiger partial charge in [-0.25, -0.2) is 4.79 Å². The van der Waals surface area contributed by atoms with Crippen molar-refractivity contribution in [2.75, 3.05) is 32.5 Å². The van der Waals surface area contributed by atoms with Gasteiger partial charge >= 0.3 is 6.03 Å². The van der Waals surface area contributed by atoms with Crippen LogP contribution in [0.1, 0.15) is 19.8 Å². The molecule has 1 aliphatic rings. The van der Waals surface area contributed by atoms with Crippen LogP contribution in [0, 0.1) is 0 Å². The number of nitrogens with zero attached hydrogens (tertiary/aromatic N) is 3. The number of urea groups is 1. The first-order valence-electron chi connectivity index (χ1n) is 7.44. The normalized spacial score (nSPS) is 18.3. The highest BCUT2D eigenvalue weighted by Gasteiger charge is 2.29. The minimum Gasteiger partial charge on any atom is -0.320 e. The van der Waals surface area contributed by atoms with Crippen molar-refractivity contribution < 1.29 is 4.79 Å². The molecule has 0 unspecified atom stereocenters. The number of carbonyl (C=O) groups is 1. The van der Waals surface area contributed by atoms with Crippen LogP contribution in [-0.2, 0) is 6.54 Å². The second kappa shape index (κ2) is 6.76. The number of anilines is 1. The molecule has 1 saturated heterocycles. The van der Waals surface area contributed by atoms with Crippen molar-refractivity contribution in [2.45, 2.75) is 32.4 Å². The van der Waals surface area contributed by atoms with Crippen molar-refractivity contribution in [1.29, 1.82) is 0 Å². The average Bonchev–Trinajstić information content (AvgIpc) is 2.88. The standard InChI is InChI=1S/C15H24N4O2/c1-4-18-10-12(7-8-14(18)20)16-15(21)19-9-5-6-13(19)11-17(2)3/h7-8,10,13H,4-6,9,11H2,1-3H3,(H,16,21)/t13-/m1/s1. The highest BCUT2D eigenvalue weighted by molar-refractivity contribution is 5.89.